The van der Waals surface area contributed by atoms with E-state index in [1.807, 2.05) is 12.1 Å². The number of pyridine rings is 1. The highest BCUT2D eigenvalue weighted by molar-refractivity contribution is 14.1. The Morgan fingerprint density at radius 1 is 1.17 bits per heavy atom. The van der Waals surface area contributed by atoms with Crippen LogP contribution >= 0.6 is 54.5 Å². The molecule has 1 amide bonds. The molecule has 0 bridgehead atoms. The number of nitrogens with zero attached hydrogens (tertiary/aromatic N) is 1. The van der Waals surface area contributed by atoms with Gasteiger partial charge in [0.2, 0.25) is 0 Å². The number of aromatic nitrogens is 1. The van der Waals surface area contributed by atoms with Crippen LogP contribution in [-0.2, 0) is 0 Å². The monoisotopic (exact) mass is 480 g/mol. The molecular weight excluding hydrogens is 475 g/mol. The summed E-state index contributed by atoms with van der Waals surface area (Å²) in [5.74, 6) is 0.349. The molecule has 0 atom stereocenters. The molecule has 2 aromatic rings. The standard InChI is InChI=1S/C12H7Br2IN2O/c13-8-3-7(4-9(14)5-8)12(18)17-11-2-1-10(15)6-16-11/h1-6H,(H,16,17,18). The first kappa shape index (κ1) is 14.0. The van der Waals surface area contributed by atoms with E-state index in [1.54, 1.807) is 24.4 Å². The predicted octanol–water partition coefficient (Wildman–Crippen LogP) is 4.46. The number of amides is 1. The highest BCUT2D eigenvalue weighted by atomic mass is 127. The lowest BCUT2D eigenvalue weighted by Gasteiger charge is -2.05. The molecule has 0 fully saturated rings. The Morgan fingerprint density at radius 2 is 1.83 bits per heavy atom. The van der Waals surface area contributed by atoms with Crippen LogP contribution in [0.25, 0.3) is 0 Å². The third-order valence-electron chi connectivity index (χ3n) is 2.09. The zero-order valence-corrected chi connectivity index (χ0v) is 14.3. The molecule has 92 valence electrons. The number of halogens is 3. The lowest BCUT2D eigenvalue weighted by molar-refractivity contribution is 0.102. The maximum absolute atomic E-state index is 12.0. The molecule has 2 rings (SSSR count). The fourth-order valence-electron chi connectivity index (χ4n) is 1.32. The quantitative estimate of drug-likeness (QED) is 0.643. The van der Waals surface area contributed by atoms with Gasteiger partial charge >= 0.3 is 0 Å². The summed E-state index contributed by atoms with van der Waals surface area (Å²) in [5.41, 5.74) is 0.566. The minimum Gasteiger partial charge on any atom is -0.307 e. The van der Waals surface area contributed by atoms with Gasteiger partial charge in [-0.05, 0) is 52.9 Å². The van der Waals surface area contributed by atoms with E-state index >= 15 is 0 Å². The predicted molar refractivity (Wildman–Crippen MR) is 86.7 cm³/mol. The minimum absolute atomic E-state index is 0.189. The molecule has 6 heteroatoms. The van der Waals surface area contributed by atoms with E-state index in [1.165, 1.54) is 0 Å². The molecular formula is C12H7Br2IN2O. The number of benzene rings is 1. The van der Waals surface area contributed by atoms with Gasteiger partial charge in [-0.3, -0.25) is 4.79 Å². The average molecular weight is 482 g/mol. The Morgan fingerprint density at radius 3 is 2.39 bits per heavy atom. The number of carbonyl (C=O) groups is 1. The summed E-state index contributed by atoms with van der Waals surface area (Å²) in [7, 11) is 0. The Labute approximate surface area is 135 Å². The summed E-state index contributed by atoms with van der Waals surface area (Å²) in [6.07, 6.45) is 1.70. The van der Waals surface area contributed by atoms with E-state index in [0.717, 1.165) is 12.5 Å². The number of carbonyl (C=O) groups excluding carboxylic acids is 1. The highest BCUT2D eigenvalue weighted by Crippen LogP contribution is 2.20. The summed E-state index contributed by atoms with van der Waals surface area (Å²) in [6.45, 7) is 0. The smallest absolute Gasteiger partial charge is 0.256 e. The molecule has 0 spiro atoms. The zero-order chi connectivity index (χ0) is 13.1. The minimum atomic E-state index is -0.189. The van der Waals surface area contributed by atoms with Crippen molar-refractivity contribution >= 4 is 66.2 Å². The molecule has 0 saturated heterocycles. The van der Waals surface area contributed by atoms with E-state index in [-0.39, 0.29) is 5.91 Å². The van der Waals surface area contributed by atoms with E-state index in [0.29, 0.717) is 11.4 Å². The molecule has 0 unspecified atom stereocenters. The van der Waals surface area contributed by atoms with Crippen molar-refractivity contribution in [1.29, 1.82) is 0 Å². The number of nitrogens with one attached hydrogen (secondary N) is 1. The molecule has 0 aliphatic carbocycles. The van der Waals surface area contributed by atoms with Gasteiger partial charge in [0.15, 0.2) is 0 Å². The normalized spacial score (nSPS) is 10.2. The van der Waals surface area contributed by atoms with Crippen molar-refractivity contribution < 1.29 is 4.79 Å². The van der Waals surface area contributed by atoms with E-state index in [2.05, 4.69) is 64.8 Å². The second kappa shape index (κ2) is 6.12. The molecule has 1 heterocycles. The van der Waals surface area contributed by atoms with Gasteiger partial charge in [-0.1, -0.05) is 31.9 Å². The summed E-state index contributed by atoms with van der Waals surface area (Å²) in [4.78, 5) is 16.1. The Bertz CT molecular complexity index is 567. The van der Waals surface area contributed by atoms with Crippen molar-refractivity contribution in [3.63, 3.8) is 0 Å². The summed E-state index contributed by atoms with van der Waals surface area (Å²) in [5, 5.41) is 2.74. The van der Waals surface area contributed by atoms with Gasteiger partial charge in [-0.15, -0.1) is 0 Å². The summed E-state index contributed by atoms with van der Waals surface area (Å²) < 4.78 is 2.71. The number of rotatable bonds is 2. The van der Waals surface area contributed by atoms with Gasteiger partial charge in [0.25, 0.3) is 5.91 Å². The van der Waals surface area contributed by atoms with Crippen LogP contribution in [0, 0.1) is 3.57 Å². The van der Waals surface area contributed by atoms with E-state index in [4.69, 9.17) is 0 Å². The Balaban J connectivity index is 2.19. The van der Waals surface area contributed by atoms with Crippen LogP contribution in [0.1, 0.15) is 10.4 Å². The molecule has 1 aromatic heterocycles. The zero-order valence-electron chi connectivity index (χ0n) is 8.95. The van der Waals surface area contributed by atoms with Crippen LogP contribution in [-0.4, -0.2) is 10.9 Å². The molecule has 1 N–H and O–H groups in total. The lowest BCUT2D eigenvalue weighted by Crippen LogP contribution is -2.12. The first-order valence-corrected chi connectivity index (χ1v) is 7.60. The number of anilines is 1. The lowest BCUT2D eigenvalue weighted by atomic mass is 10.2. The van der Waals surface area contributed by atoms with Crippen molar-refractivity contribution in [2.45, 2.75) is 0 Å². The molecule has 3 nitrogen and oxygen atoms in total. The first-order valence-electron chi connectivity index (χ1n) is 4.93. The summed E-state index contributed by atoms with van der Waals surface area (Å²) in [6, 6.07) is 9.05. The van der Waals surface area contributed by atoms with Crippen molar-refractivity contribution in [1.82, 2.24) is 4.98 Å². The van der Waals surface area contributed by atoms with Crippen molar-refractivity contribution in [3.8, 4) is 0 Å². The highest BCUT2D eigenvalue weighted by Gasteiger charge is 2.08. The van der Waals surface area contributed by atoms with Gasteiger partial charge in [0.05, 0.1) is 0 Å². The fourth-order valence-corrected chi connectivity index (χ4v) is 2.94. The van der Waals surface area contributed by atoms with Crippen LogP contribution in [0.4, 0.5) is 5.82 Å². The van der Waals surface area contributed by atoms with Gasteiger partial charge in [0, 0.05) is 24.3 Å². The van der Waals surface area contributed by atoms with Crippen LogP contribution in [0.2, 0.25) is 0 Å². The van der Waals surface area contributed by atoms with Gasteiger partial charge in [0.1, 0.15) is 5.82 Å². The second-order valence-electron chi connectivity index (χ2n) is 3.47. The third-order valence-corrected chi connectivity index (χ3v) is 3.65. The maximum atomic E-state index is 12.0. The van der Waals surface area contributed by atoms with E-state index in [9.17, 15) is 4.79 Å². The van der Waals surface area contributed by atoms with Gasteiger partial charge < -0.3 is 5.32 Å². The SMILES string of the molecule is O=C(Nc1ccc(I)cn1)c1cc(Br)cc(Br)c1. The molecule has 18 heavy (non-hydrogen) atoms. The molecule has 0 saturated carbocycles. The van der Waals surface area contributed by atoms with Crippen molar-refractivity contribution in [3.05, 3.63) is 54.6 Å². The maximum Gasteiger partial charge on any atom is 0.256 e. The van der Waals surface area contributed by atoms with E-state index < -0.39 is 0 Å². The van der Waals surface area contributed by atoms with Crippen LogP contribution in [0.5, 0.6) is 0 Å². The van der Waals surface area contributed by atoms with Crippen molar-refractivity contribution in [2.24, 2.45) is 0 Å². The molecule has 0 aliphatic rings. The van der Waals surface area contributed by atoms with Crippen LogP contribution in [0.15, 0.2) is 45.5 Å². The first-order chi connectivity index (χ1) is 8.54. The van der Waals surface area contributed by atoms with Crippen molar-refractivity contribution in [2.75, 3.05) is 5.32 Å². The molecule has 0 aliphatic heterocycles. The summed E-state index contributed by atoms with van der Waals surface area (Å²) >= 11 is 8.86. The number of hydrogen-bond donors (Lipinski definition) is 1. The largest absolute Gasteiger partial charge is 0.307 e. The molecule has 1 aromatic carbocycles. The van der Waals surface area contributed by atoms with Gasteiger partial charge in [-0.25, -0.2) is 4.98 Å². The average Bonchev–Trinajstić information content (AvgIpc) is 2.31. The Kier molecular flexibility index (Phi) is 4.74. The van der Waals surface area contributed by atoms with Crippen LogP contribution < -0.4 is 5.32 Å². The molecule has 0 radical (unpaired) electrons. The third kappa shape index (κ3) is 3.76. The van der Waals surface area contributed by atoms with Crippen LogP contribution in [0.3, 0.4) is 0 Å². The number of hydrogen-bond acceptors (Lipinski definition) is 2. The Hall–Kier alpha value is -0.470. The fraction of sp³-hybridized carbons (Fsp3) is 0. The second-order valence-corrected chi connectivity index (χ2v) is 6.55. The topological polar surface area (TPSA) is 42.0 Å². The van der Waals surface area contributed by atoms with Gasteiger partial charge in [-0.2, -0.15) is 0 Å².